The molecule has 1 aliphatic carbocycles. The third-order valence-electron chi connectivity index (χ3n) is 4.88. The second-order valence-electron chi connectivity index (χ2n) is 6.93. The van der Waals surface area contributed by atoms with Gasteiger partial charge in [0.1, 0.15) is 18.3 Å². The average Bonchev–Trinajstić information content (AvgIpc) is 2.90. The van der Waals surface area contributed by atoms with E-state index in [1.807, 2.05) is 6.08 Å². The minimum Gasteiger partial charge on any atom is -0.352 e. The van der Waals surface area contributed by atoms with Crippen molar-refractivity contribution in [2.45, 2.75) is 31.5 Å². The molecule has 0 spiro atoms. The Kier molecular flexibility index (Phi) is 5.53. The number of ketones is 1. The number of nitrogens with zero attached hydrogens (tertiary/aromatic N) is 1. The van der Waals surface area contributed by atoms with Gasteiger partial charge >= 0.3 is 6.18 Å². The molecule has 2 unspecified atom stereocenters. The van der Waals surface area contributed by atoms with E-state index < -0.39 is 42.8 Å². The highest BCUT2D eigenvalue weighted by molar-refractivity contribution is 6.42. The molecule has 0 saturated carbocycles. The number of hydrogen-bond acceptors (Lipinski definition) is 3. The van der Waals surface area contributed by atoms with Gasteiger partial charge in [-0.25, -0.2) is 4.39 Å². The Hall–Kier alpha value is -2.71. The lowest BCUT2D eigenvalue weighted by Crippen LogP contribution is -2.42. The standard InChI is InChI=1S/C19H18F4N2O3/c20-13-5-1-11(2-6-13)12-3-7-14(8-4-12)24-17(27)15-9-25(10-19(21,22)23)18(28)16(15)26/h1-3,5-6,14-15H,4,7-10H2,(H,24,27). The third-order valence-corrected chi connectivity index (χ3v) is 4.88. The van der Waals surface area contributed by atoms with Crippen LogP contribution < -0.4 is 5.32 Å². The van der Waals surface area contributed by atoms with Gasteiger partial charge in [-0.3, -0.25) is 14.4 Å². The van der Waals surface area contributed by atoms with Crippen molar-refractivity contribution < 1.29 is 31.9 Å². The van der Waals surface area contributed by atoms with Crippen molar-refractivity contribution in [2.75, 3.05) is 13.1 Å². The van der Waals surface area contributed by atoms with Crippen LogP contribution >= 0.6 is 0 Å². The molecule has 1 N–H and O–H groups in total. The number of carbonyl (C=O) groups is 3. The maximum absolute atomic E-state index is 13.0. The zero-order valence-electron chi connectivity index (χ0n) is 14.8. The van der Waals surface area contributed by atoms with E-state index in [1.165, 1.54) is 12.1 Å². The summed E-state index contributed by atoms with van der Waals surface area (Å²) in [5.41, 5.74) is 1.89. The van der Waals surface area contributed by atoms with E-state index in [9.17, 15) is 31.9 Å². The van der Waals surface area contributed by atoms with Crippen molar-refractivity contribution in [3.63, 3.8) is 0 Å². The Labute approximate surface area is 158 Å². The molecule has 1 aromatic rings. The minimum atomic E-state index is -4.63. The van der Waals surface area contributed by atoms with Crippen molar-refractivity contribution in [1.82, 2.24) is 10.2 Å². The molecule has 1 fully saturated rings. The van der Waals surface area contributed by atoms with Crippen LogP contribution in [0.4, 0.5) is 17.6 Å². The van der Waals surface area contributed by atoms with Gasteiger partial charge in [-0.15, -0.1) is 0 Å². The molecule has 9 heteroatoms. The maximum atomic E-state index is 13.0. The van der Waals surface area contributed by atoms with Crippen molar-refractivity contribution in [3.05, 3.63) is 41.7 Å². The second-order valence-corrected chi connectivity index (χ2v) is 6.93. The quantitative estimate of drug-likeness (QED) is 0.481. The highest BCUT2D eigenvalue weighted by Gasteiger charge is 2.47. The van der Waals surface area contributed by atoms with Gasteiger partial charge in [-0.05, 0) is 42.5 Å². The van der Waals surface area contributed by atoms with Crippen LogP contribution in [0.2, 0.25) is 0 Å². The Morgan fingerprint density at radius 3 is 2.43 bits per heavy atom. The number of allylic oxidation sites excluding steroid dienone is 1. The summed E-state index contributed by atoms with van der Waals surface area (Å²) >= 11 is 0. The van der Waals surface area contributed by atoms with Gasteiger partial charge < -0.3 is 10.2 Å². The Balaban J connectivity index is 1.58. The number of carbonyl (C=O) groups excluding carboxylic acids is 3. The Morgan fingerprint density at radius 2 is 1.86 bits per heavy atom. The number of hydrogen-bond donors (Lipinski definition) is 1. The number of amides is 2. The first kappa shape index (κ1) is 20.0. The molecule has 28 heavy (non-hydrogen) atoms. The topological polar surface area (TPSA) is 66.5 Å². The third kappa shape index (κ3) is 4.58. The molecule has 2 aliphatic rings. The molecule has 5 nitrogen and oxygen atoms in total. The van der Waals surface area contributed by atoms with Gasteiger partial charge in [0.2, 0.25) is 11.7 Å². The van der Waals surface area contributed by atoms with Crippen LogP contribution in [0, 0.1) is 11.7 Å². The van der Waals surface area contributed by atoms with E-state index in [4.69, 9.17) is 0 Å². The van der Waals surface area contributed by atoms with Crippen molar-refractivity contribution in [1.29, 1.82) is 0 Å². The largest absolute Gasteiger partial charge is 0.406 e. The Bertz CT molecular complexity index is 817. The maximum Gasteiger partial charge on any atom is 0.406 e. The molecule has 1 aliphatic heterocycles. The van der Waals surface area contributed by atoms with Crippen molar-refractivity contribution in [2.24, 2.45) is 5.92 Å². The van der Waals surface area contributed by atoms with Gasteiger partial charge in [0.15, 0.2) is 0 Å². The molecule has 1 heterocycles. The zero-order chi connectivity index (χ0) is 20.5. The molecule has 0 aromatic heterocycles. The number of halogens is 4. The van der Waals surface area contributed by atoms with E-state index in [0.717, 1.165) is 11.1 Å². The minimum absolute atomic E-state index is 0.281. The molecule has 3 rings (SSSR count). The van der Waals surface area contributed by atoms with E-state index >= 15 is 0 Å². The summed E-state index contributed by atoms with van der Waals surface area (Å²) < 4.78 is 50.4. The lowest BCUT2D eigenvalue weighted by atomic mass is 9.90. The number of Topliss-reactive ketones (excluding diaryl/α,β-unsaturated/α-hetero) is 1. The lowest BCUT2D eigenvalue weighted by Gasteiger charge is -2.24. The first-order valence-electron chi connectivity index (χ1n) is 8.79. The van der Waals surface area contributed by atoms with Crippen LogP contribution in [-0.2, 0) is 14.4 Å². The molecule has 0 radical (unpaired) electrons. The second kappa shape index (κ2) is 7.73. The normalized spacial score (nSPS) is 23.0. The Morgan fingerprint density at radius 1 is 1.18 bits per heavy atom. The number of benzene rings is 1. The van der Waals surface area contributed by atoms with E-state index in [-0.39, 0.29) is 11.9 Å². The first-order valence-corrected chi connectivity index (χ1v) is 8.79. The van der Waals surface area contributed by atoms with Crippen LogP contribution in [0.5, 0.6) is 0 Å². The van der Waals surface area contributed by atoms with Crippen LogP contribution in [0.15, 0.2) is 30.3 Å². The van der Waals surface area contributed by atoms with Crippen LogP contribution in [0.3, 0.4) is 0 Å². The molecule has 2 atom stereocenters. The fraction of sp³-hybridized carbons (Fsp3) is 0.421. The van der Waals surface area contributed by atoms with E-state index in [0.29, 0.717) is 24.2 Å². The van der Waals surface area contributed by atoms with Gasteiger partial charge in [0.05, 0.1) is 0 Å². The highest BCUT2D eigenvalue weighted by atomic mass is 19.4. The summed E-state index contributed by atoms with van der Waals surface area (Å²) in [6.45, 7) is -2.11. The number of alkyl halides is 3. The van der Waals surface area contributed by atoms with Crippen molar-refractivity contribution >= 4 is 23.2 Å². The summed E-state index contributed by atoms with van der Waals surface area (Å²) in [5.74, 6) is -4.87. The predicted octanol–water partition coefficient (Wildman–Crippen LogP) is 2.47. The highest BCUT2D eigenvalue weighted by Crippen LogP contribution is 2.28. The molecule has 1 aromatic carbocycles. The van der Waals surface area contributed by atoms with E-state index in [1.54, 1.807) is 12.1 Å². The van der Waals surface area contributed by atoms with Crippen LogP contribution in [-0.4, -0.2) is 47.8 Å². The summed E-state index contributed by atoms with van der Waals surface area (Å²) in [6, 6.07) is 5.77. The van der Waals surface area contributed by atoms with Gasteiger partial charge in [0, 0.05) is 12.6 Å². The average molecular weight is 398 g/mol. The molecule has 0 bridgehead atoms. The SMILES string of the molecule is O=C(NC1CC=C(c2ccc(F)cc2)CC1)C1CN(CC(F)(F)F)C(=O)C1=O. The zero-order valence-corrected chi connectivity index (χ0v) is 14.8. The molecular weight excluding hydrogens is 380 g/mol. The fourth-order valence-electron chi connectivity index (χ4n) is 3.44. The smallest absolute Gasteiger partial charge is 0.352 e. The monoisotopic (exact) mass is 398 g/mol. The van der Waals surface area contributed by atoms with Gasteiger partial charge in [-0.1, -0.05) is 18.2 Å². The summed E-state index contributed by atoms with van der Waals surface area (Å²) in [4.78, 5) is 36.2. The number of rotatable bonds is 4. The van der Waals surface area contributed by atoms with Crippen LogP contribution in [0.25, 0.3) is 5.57 Å². The molecule has 2 amide bonds. The van der Waals surface area contributed by atoms with Gasteiger partial charge in [-0.2, -0.15) is 13.2 Å². The molecule has 150 valence electrons. The van der Waals surface area contributed by atoms with Crippen LogP contribution in [0.1, 0.15) is 24.8 Å². The predicted molar refractivity (Wildman–Crippen MR) is 91.3 cm³/mol. The van der Waals surface area contributed by atoms with Crippen molar-refractivity contribution in [3.8, 4) is 0 Å². The summed E-state index contributed by atoms with van der Waals surface area (Å²) in [6.07, 6.45) is -1.07. The molecular formula is C19H18F4N2O3. The number of nitrogens with one attached hydrogen (secondary N) is 1. The number of likely N-dealkylation sites (tertiary alicyclic amines) is 1. The first-order chi connectivity index (χ1) is 13.1. The summed E-state index contributed by atoms with van der Waals surface area (Å²) in [7, 11) is 0. The van der Waals surface area contributed by atoms with Gasteiger partial charge in [0.25, 0.3) is 5.91 Å². The fourth-order valence-corrected chi connectivity index (χ4v) is 3.44. The lowest BCUT2D eigenvalue weighted by molar-refractivity contribution is -0.159. The molecule has 1 saturated heterocycles. The van der Waals surface area contributed by atoms with E-state index in [2.05, 4.69) is 5.32 Å². The summed E-state index contributed by atoms with van der Waals surface area (Å²) in [5, 5.41) is 2.65.